The molecule has 5 nitrogen and oxygen atoms in total. The van der Waals surface area contributed by atoms with Crippen molar-refractivity contribution in [3.05, 3.63) is 63.6 Å². The van der Waals surface area contributed by atoms with Gasteiger partial charge in [-0.15, -0.1) is 0 Å². The van der Waals surface area contributed by atoms with Gasteiger partial charge in [0.15, 0.2) is 0 Å². The van der Waals surface area contributed by atoms with Gasteiger partial charge in [-0.2, -0.15) is 0 Å². The molecule has 0 saturated carbocycles. The van der Waals surface area contributed by atoms with Crippen molar-refractivity contribution in [3.8, 4) is 0 Å². The van der Waals surface area contributed by atoms with Gasteiger partial charge in [0.05, 0.1) is 15.6 Å². The SMILES string of the molecule is O=C(O)c1cc(S(=O)(=O)NCc2ccccc2)c(Cl)cc1Cl. The number of halogens is 2. The Morgan fingerprint density at radius 2 is 1.73 bits per heavy atom. The van der Waals surface area contributed by atoms with Gasteiger partial charge in [0.1, 0.15) is 4.90 Å². The van der Waals surface area contributed by atoms with E-state index >= 15 is 0 Å². The molecule has 0 aliphatic carbocycles. The first-order valence-corrected chi connectivity index (χ1v) is 8.31. The maximum absolute atomic E-state index is 12.3. The van der Waals surface area contributed by atoms with E-state index in [0.717, 1.165) is 17.7 Å². The molecular weight excluding hydrogens is 349 g/mol. The number of aromatic carboxylic acids is 1. The Morgan fingerprint density at radius 1 is 1.09 bits per heavy atom. The summed E-state index contributed by atoms with van der Waals surface area (Å²) in [6, 6.07) is 10.9. The first kappa shape index (κ1) is 16.8. The summed E-state index contributed by atoms with van der Waals surface area (Å²) in [7, 11) is -3.97. The van der Waals surface area contributed by atoms with Crippen LogP contribution in [0.5, 0.6) is 0 Å². The van der Waals surface area contributed by atoms with Crippen LogP contribution in [0.15, 0.2) is 47.4 Å². The van der Waals surface area contributed by atoms with Crippen LogP contribution < -0.4 is 4.72 Å². The second-order valence-corrected chi connectivity index (χ2v) is 6.93. The lowest BCUT2D eigenvalue weighted by atomic mass is 10.2. The Morgan fingerprint density at radius 3 is 2.32 bits per heavy atom. The molecule has 2 aromatic carbocycles. The van der Waals surface area contributed by atoms with Gasteiger partial charge in [0.25, 0.3) is 0 Å². The molecule has 0 aromatic heterocycles. The average Bonchev–Trinajstić information content (AvgIpc) is 2.45. The van der Waals surface area contributed by atoms with Crippen LogP contribution in [0, 0.1) is 0 Å². The molecule has 0 aliphatic heterocycles. The van der Waals surface area contributed by atoms with Gasteiger partial charge in [-0.1, -0.05) is 53.5 Å². The van der Waals surface area contributed by atoms with E-state index in [2.05, 4.69) is 4.72 Å². The molecule has 0 radical (unpaired) electrons. The number of nitrogens with one attached hydrogen (secondary N) is 1. The second-order valence-electron chi connectivity index (χ2n) is 4.38. The van der Waals surface area contributed by atoms with E-state index in [-0.39, 0.29) is 27.0 Å². The maximum Gasteiger partial charge on any atom is 0.337 e. The van der Waals surface area contributed by atoms with E-state index in [1.165, 1.54) is 0 Å². The van der Waals surface area contributed by atoms with E-state index in [0.29, 0.717) is 0 Å². The number of benzene rings is 2. The number of carboxylic acids is 1. The fourth-order valence-electron chi connectivity index (χ4n) is 1.75. The van der Waals surface area contributed by atoms with Crippen LogP contribution in [0.1, 0.15) is 15.9 Å². The highest BCUT2D eigenvalue weighted by atomic mass is 35.5. The topological polar surface area (TPSA) is 83.5 Å². The molecular formula is C14H11Cl2NO4S. The molecule has 22 heavy (non-hydrogen) atoms. The highest BCUT2D eigenvalue weighted by Gasteiger charge is 2.22. The zero-order chi connectivity index (χ0) is 16.3. The predicted molar refractivity (Wildman–Crippen MR) is 83.9 cm³/mol. The van der Waals surface area contributed by atoms with Crippen molar-refractivity contribution < 1.29 is 18.3 Å². The first-order chi connectivity index (χ1) is 10.3. The molecule has 116 valence electrons. The van der Waals surface area contributed by atoms with E-state index in [4.69, 9.17) is 28.3 Å². The fourth-order valence-corrected chi connectivity index (χ4v) is 3.62. The van der Waals surface area contributed by atoms with Crippen molar-refractivity contribution in [2.24, 2.45) is 0 Å². The van der Waals surface area contributed by atoms with Crippen molar-refractivity contribution in [1.29, 1.82) is 0 Å². The third-order valence-corrected chi connectivity index (χ3v) is 5.03. The number of rotatable bonds is 5. The molecule has 0 saturated heterocycles. The zero-order valence-electron chi connectivity index (χ0n) is 11.1. The quantitative estimate of drug-likeness (QED) is 0.858. The molecule has 0 fully saturated rings. The second kappa shape index (κ2) is 6.66. The Kier molecular flexibility index (Phi) is 5.08. The lowest BCUT2D eigenvalue weighted by Crippen LogP contribution is -2.24. The van der Waals surface area contributed by atoms with Crippen LogP contribution in [-0.2, 0) is 16.6 Å². The molecule has 0 spiro atoms. The molecule has 2 N–H and O–H groups in total. The fraction of sp³-hybridized carbons (Fsp3) is 0.0714. The van der Waals surface area contributed by atoms with Crippen LogP contribution in [0.25, 0.3) is 0 Å². The highest BCUT2D eigenvalue weighted by Crippen LogP contribution is 2.28. The summed E-state index contributed by atoms with van der Waals surface area (Å²) in [5.41, 5.74) is 0.431. The van der Waals surface area contributed by atoms with E-state index in [9.17, 15) is 13.2 Å². The lowest BCUT2D eigenvalue weighted by Gasteiger charge is -2.10. The minimum atomic E-state index is -3.97. The maximum atomic E-state index is 12.3. The number of sulfonamides is 1. The Bertz CT molecular complexity index is 807. The van der Waals surface area contributed by atoms with Crippen LogP contribution in [0.2, 0.25) is 10.0 Å². The third kappa shape index (κ3) is 3.78. The zero-order valence-corrected chi connectivity index (χ0v) is 13.4. The summed E-state index contributed by atoms with van der Waals surface area (Å²) in [6.45, 7) is 0.0601. The number of carbonyl (C=O) groups is 1. The minimum Gasteiger partial charge on any atom is -0.478 e. The molecule has 0 amide bonds. The van der Waals surface area contributed by atoms with Gasteiger partial charge in [-0.25, -0.2) is 17.9 Å². The van der Waals surface area contributed by atoms with E-state index in [1.807, 2.05) is 6.07 Å². The van der Waals surface area contributed by atoms with Crippen LogP contribution in [0.4, 0.5) is 0 Å². The van der Waals surface area contributed by atoms with Crippen LogP contribution >= 0.6 is 23.2 Å². The largest absolute Gasteiger partial charge is 0.478 e. The normalized spacial score (nSPS) is 11.4. The van der Waals surface area contributed by atoms with Gasteiger partial charge in [-0.3, -0.25) is 0 Å². The van der Waals surface area contributed by atoms with Crippen molar-refractivity contribution in [1.82, 2.24) is 4.72 Å². The standard InChI is InChI=1S/C14H11Cl2NO4S/c15-11-7-12(16)13(6-10(11)14(18)19)22(20,21)17-8-9-4-2-1-3-5-9/h1-7,17H,8H2,(H,18,19). The van der Waals surface area contributed by atoms with Gasteiger partial charge >= 0.3 is 5.97 Å². The predicted octanol–water partition coefficient (Wildman–Crippen LogP) is 3.17. The van der Waals surface area contributed by atoms with Crippen LogP contribution in [0.3, 0.4) is 0 Å². The molecule has 8 heteroatoms. The van der Waals surface area contributed by atoms with Gasteiger partial charge < -0.3 is 5.11 Å². The van der Waals surface area contributed by atoms with Crippen molar-refractivity contribution >= 4 is 39.2 Å². The summed E-state index contributed by atoms with van der Waals surface area (Å²) in [4.78, 5) is 10.7. The van der Waals surface area contributed by atoms with Gasteiger partial charge in [0, 0.05) is 6.54 Å². The van der Waals surface area contributed by atoms with Crippen molar-refractivity contribution in [3.63, 3.8) is 0 Å². The lowest BCUT2D eigenvalue weighted by molar-refractivity contribution is 0.0697. The van der Waals surface area contributed by atoms with Gasteiger partial charge in [-0.05, 0) is 17.7 Å². The Balaban J connectivity index is 2.33. The molecule has 0 heterocycles. The van der Waals surface area contributed by atoms with E-state index < -0.39 is 16.0 Å². The molecule has 0 atom stereocenters. The number of hydrogen-bond acceptors (Lipinski definition) is 3. The summed E-state index contributed by atoms with van der Waals surface area (Å²) >= 11 is 11.6. The minimum absolute atomic E-state index is 0.0601. The number of carboxylic acid groups (broad SMARTS) is 1. The summed E-state index contributed by atoms with van der Waals surface area (Å²) < 4.78 is 26.9. The van der Waals surface area contributed by atoms with Crippen molar-refractivity contribution in [2.45, 2.75) is 11.4 Å². The first-order valence-electron chi connectivity index (χ1n) is 6.07. The molecule has 0 bridgehead atoms. The van der Waals surface area contributed by atoms with E-state index in [1.54, 1.807) is 24.3 Å². The Hall–Kier alpha value is -1.60. The molecule has 2 aromatic rings. The monoisotopic (exact) mass is 359 g/mol. The number of hydrogen-bond donors (Lipinski definition) is 2. The molecule has 0 unspecified atom stereocenters. The Labute approximate surface area is 137 Å². The van der Waals surface area contributed by atoms with Crippen molar-refractivity contribution in [2.75, 3.05) is 0 Å². The summed E-state index contributed by atoms with van der Waals surface area (Å²) in [5.74, 6) is -1.33. The average molecular weight is 360 g/mol. The molecule has 2 rings (SSSR count). The summed E-state index contributed by atoms with van der Waals surface area (Å²) in [5, 5.41) is 8.74. The smallest absolute Gasteiger partial charge is 0.337 e. The van der Waals surface area contributed by atoms with Crippen LogP contribution in [-0.4, -0.2) is 19.5 Å². The highest BCUT2D eigenvalue weighted by molar-refractivity contribution is 7.89. The summed E-state index contributed by atoms with van der Waals surface area (Å²) in [6.07, 6.45) is 0. The molecule has 0 aliphatic rings. The third-order valence-electron chi connectivity index (χ3n) is 2.85. The van der Waals surface area contributed by atoms with Gasteiger partial charge in [0.2, 0.25) is 10.0 Å².